The zero-order valence-corrected chi connectivity index (χ0v) is 15.0. The van der Waals surface area contributed by atoms with Crippen molar-refractivity contribution in [1.82, 2.24) is 5.32 Å². The van der Waals surface area contributed by atoms with Gasteiger partial charge in [-0.15, -0.1) is 0 Å². The van der Waals surface area contributed by atoms with Crippen LogP contribution in [0.4, 0.5) is 10.5 Å². The molecule has 0 saturated heterocycles. The molecule has 0 aliphatic rings. The highest BCUT2D eigenvalue weighted by atomic mass is 16.6. The predicted molar refractivity (Wildman–Crippen MR) is 101 cm³/mol. The van der Waals surface area contributed by atoms with Crippen LogP contribution >= 0.6 is 0 Å². The molecule has 5 heteroatoms. The number of carbonyl (C=O) groups excluding carboxylic acids is 1. The van der Waals surface area contributed by atoms with E-state index >= 15 is 0 Å². The molecule has 0 saturated carbocycles. The van der Waals surface area contributed by atoms with Crippen LogP contribution in [0.2, 0.25) is 0 Å². The lowest BCUT2D eigenvalue weighted by Gasteiger charge is -2.19. The number of alkyl carbamates (subject to hydrolysis) is 1. The van der Waals surface area contributed by atoms with Crippen LogP contribution in [0.15, 0.2) is 48.5 Å². The summed E-state index contributed by atoms with van der Waals surface area (Å²) in [5.74, 6) is 0.776. The largest absolute Gasteiger partial charge is 0.493 e. The van der Waals surface area contributed by atoms with E-state index in [1.807, 2.05) is 69.3 Å². The smallest absolute Gasteiger partial charge is 0.407 e. The third-order valence-corrected chi connectivity index (χ3v) is 3.34. The zero-order chi connectivity index (χ0) is 18.3. The number of anilines is 1. The van der Waals surface area contributed by atoms with E-state index in [0.717, 1.165) is 16.9 Å². The van der Waals surface area contributed by atoms with Crippen LogP contribution in [0.5, 0.6) is 5.75 Å². The minimum atomic E-state index is -0.491. The maximum atomic E-state index is 11.6. The van der Waals surface area contributed by atoms with Crippen molar-refractivity contribution < 1.29 is 14.3 Å². The first-order valence-corrected chi connectivity index (χ1v) is 8.40. The summed E-state index contributed by atoms with van der Waals surface area (Å²) in [6.07, 6.45) is 0.266. The van der Waals surface area contributed by atoms with Crippen molar-refractivity contribution in [2.45, 2.75) is 32.8 Å². The average molecular weight is 342 g/mol. The van der Waals surface area contributed by atoms with Crippen molar-refractivity contribution in [2.75, 3.05) is 18.9 Å². The molecule has 0 heterocycles. The average Bonchev–Trinajstić information content (AvgIpc) is 2.55. The van der Waals surface area contributed by atoms with Gasteiger partial charge in [0.05, 0.1) is 6.61 Å². The molecule has 5 nitrogen and oxygen atoms in total. The molecule has 0 spiro atoms. The highest BCUT2D eigenvalue weighted by molar-refractivity contribution is 5.73. The number of benzene rings is 2. The van der Waals surface area contributed by atoms with Crippen LogP contribution in [0, 0.1) is 0 Å². The number of nitrogens with one attached hydrogen (secondary N) is 1. The first-order valence-electron chi connectivity index (χ1n) is 8.40. The lowest BCUT2D eigenvalue weighted by atomic mass is 10.0. The van der Waals surface area contributed by atoms with Crippen LogP contribution in [-0.2, 0) is 4.74 Å². The zero-order valence-electron chi connectivity index (χ0n) is 15.0. The predicted octanol–water partition coefficient (Wildman–Crippen LogP) is 4.23. The molecule has 0 fully saturated rings. The highest BCUT2D eigenvalue weighted by Crippen LogP contribution is 2.31. The van der Waals surface area contributed by atoms with Gasteiger partial charge in [0.15, 0.2) is 0 Å². The van der Waals surface area contributed by atoms with Crippen LogP contribution in [0.1, 0.15) is 27.2 Å². The molecule has 0 bridgehead atoms. The lowest BCUT2D eigenvalue weighted by Crippen LogP contribution is -2.33. The van der Waals surface area contributed by atoms with E-state index in [1.165, 1.54) is 0 Å². The molecule has 134 valence electrons. The number of ether oxygens (including phenoxy) is 2. The van der Waals surface area contributed by atoms with Crippen molar-refractivity contribution in [3.8, 4) is 16.9 Å². The Labute approximate surface area is 149 Å². The molecular formula is C20H26N2O3. The van der Waals surface area contributed by atoms with E-state index in [9.17, 15) is 4.79 Å². The number of nitrogen functional groups attached to an aromatic ring is 1. The Hall–Kier alpha value is -2.69. The van der Waals surface area contributed by atoms with Crippen molar-refractivity contribution in [3.05, 3.63) is 48.5 Å². The molecule has 0 unspecified atom stereocenters. The lowest BCUT2D eigenvalue weighted by molar-refractivity contribution is 0.0525. The minimum Gasteiger partial charge on any atom is -0.493 e. The minimum absolute atomic E-state index is 0.412. The van der Waals surface area contributed by atoms with Gasteiger partial charge in [0.1, 0.15) is 11.4 Å². The van der Waals surface area contributed by atoms with Gasteiger partial charge in [-0.25, -0.2) is 4.79 Å². The van der Waals surface area contributed by atoms with Gasteiger partial charge >= 0.3 is 6.09 Å². The molecule has 0 aliphatic heterocycles. The third-order valence-electron chi connectivity index (χ3n) is 3.34. The van der Waals surface area contributed by atoms with Gasteiger partial charge in [-0.05, 0) is 51.0 Å². The Bertz CT molecular complexity index is 694. The first-order chi connectivity index (χ1) is 11.8. The van der Waals surface area contributed by atoms with Crippen LogP contribution in [0.3, 0.4) is 0 Å². The number of amides is 1. The standard InChI is InChI=1S/C20H26N2O3/c1-20(2,3)25-19(23)22-12-7-13-24-18-11-10-16(21)14-17(18)15-8-5-4-6-9-15/h4-6,8-11,14H,7,12-13,21H2,1-3H3,(H,22,23). The SMILES string of the molecule is CC(C)(C)OC(=O)NCCCOc1ccc(N)cc1-c1ccccc1. The first kappa shape index (κ1) is 18.6. The maximum absolute atomic E-state index is 11.6. The number of hydrogen-bond donors (Lipinski definition) is 2. The summed E-state index contributed by atoms with van der Waals surface area (Å²) in [6, 6.07) is 15.6. The van der Waals surface area contributed by atoms with Gasteiger partial charge in [0.25, 0.3) is 0 Å². The molecule has 0 atom stereocenters. The number of carbonyl (C=O) groups is 1. The molecule has 2 aromatic carbocycles. The summed E-state index contributed by atoms with van der Waals surface area (Å²) < 4.78 is 11.1. The Morgan fingerprint density at radius 1 is 1.12 bits per heavy atom. The quantitative estimate of drug-likeness (QED) is 0.608. The van der Waals surface area contributed by atoms with Gasteiger partial charge in [-0.1, -0.05) is 30.3 Å². The number of hydrogen-bond acceptors (Lipinski definition) is 4. The Balaban J connectivity index is 1.86. The molecule has 2 aromatic rings. The Morgan fingerprint density at radius 3 is 2.52 bits per heavy atom. The fourth-order valence-corrected chi connectivity index (χ4v) is 2.28. The van der Waals surface area contributed by atoms with E-state index in [1.54, 1.807) is 0 Å². The van der Waals surface area contributed by atoms with Crippen molar-refractivity contribution in [2.24, 2.45) is 0 Å². The van der Waals surface area contributed by atoms with Gasteiger partial charge in [-0.2, -0.15) is 0 Å². The number of nitrogens with two attached hydrogens (primary N) is 1. The van der Waals surface area contributed by atoms with E-state index in [2.05, 4.69) is 5.32 Å². The third kappa shape index (κ3) is 6.37. The van der Waals surface area contributed by atoms with Gasteiger partial charge in [0.2, 0.25) is 0 Å². The Morgan fingerprint density at radius 2 is 1.84 bits per heavy atom. The second-order valence-corrected chi connectivity index (χ2v) is 6.75. The van der Waals surface area contributed by atoms with Crippen LogP contribution in [-0.4, -0.2) is 24.8 Å². The van der Waals surface area contributed by atoms with E-state index in [-0.39, 0.29) is 0 Å². The van der Waals surface area contributed by atoms with Gasteiger partial charge in [0, 0.05) is 17.8 Å². The van der Waals surface area contributed by atoms with E-state index < -0.39 is 11.7 Å². The second kappa shape index (κ2) is 8.42. The van der Waals surface area contributed by atoms with Crippen molar-refractivity contribution in [1.29, 1.82) is 0 Å². The van der Waals surface area contributed by atoms with Crippen molar-refractivity contribution >= 4 is 11.8 Å². The fraction of sp³-hybridized carbons (Fsp3) is 0.350. The van der Waals surface area contributed by atoms with E-state index in [4.69, 9.17) is 15.2 Å². The summed E-state index contributed by atoms with van der Waals surface area (Å²) in [4.78, 5) is 11.6. The molecule has 25 heavy (non-hydrogen) atoms. The van der Waals surface area contributed by atoms with Crippen LogP contribution in [0.25, 0.3) is 11.1 Å². The summed E-state index contributed by atoms with van der Waals surface area (Å²) in [5.41, 5.74) is 8.12. The van der Waals surface area contributed by atoms with Crippen LogP contribution < -0.4 is 15.8 Å². The number of rotatable bonds is 6. The molecular weight excluding hydrogens is 316 g/mol. The molecule has 0 aliphatic carbocycles. The molecule has 2 rings (SSSR count). The normalized spacial score (nSPS) is 11.0. The molecule has 3 N–H and O–H groups in total. The summed E-state index contributed by atoms with van der Waals surface area (Å²) in [7, 11) is 0. The molecule has 0 radical (unpaired) electrons. The molecule has 1 amide bonds. The Kier molecular flexibility index (Phi) is 6.28. The summed E-state index contributed by atoms with van der Waals surface area (Å²) in [6.45, 7) is 6.48. The maximum Gasteiger partial charge on any atom is 0.407 e. The topological polar surface area (TPSA) is 73.6 Å². The summed E-state index contributed by atoms with van der Waals surface area (Å²) in [5, 5.41) is 2.72. The van der Waals surface area contributed by atoms with Crippen molar-refractivity contribution in [3.63, 3.8) is 0 Å². The fourth-order valence-electron chi connectivity index (χ4n) is 2.28. The van der Waals surface area contributed by atoms with E-state index in [0.29, 0.717) is 25.3 Å². The molecule has 0 aromatic heterocycles. The monoisotopic (exact) mass is 342 g/mol. The second-order valence-electron chi connectivity index (χ2n) is 6.75. The highest BCUT2D eigenvalue weighted by Gasteiger charge is 2.15. The summed E-state index contributed by atoms with van der Waals surface area (Å²) >= 11 is 0. The van der Waals surface area contributed by atoms with Gasteiger partial charge < -0.3 is 20.5 Å². The van der Waals surface area contributed by atoms with Gasteiger partial charge in [-0.3, -0.25) is 0 Å².